The van der Waals surface area contributed by atoms with Crippen LogP contribution in [0.3, 0.4) is 0 Å². The van der Waals surface area contributed by atoms with Gasteiger partial charge in [0.15, 0.2) is 0 Å². The van der Waals surface area contributed by atoms with Gasteiger partial charge in [0.25, 0.3) is 0 Å². The summed E-state index contributed by atoms with van der Waals surface area (Å²) in [7, 11) is 0. The van der Waals surface area contributed by atoms with Gasteiger partial charge in [-0.1, -0.05) is 38.0 Å². The number of allylic oxidation sites excluding steroid dienone is 3. The second kappa shape index (κ2) is 12.4. The van der Waals surface area contributed by atoms with Gasteiger partial charge in [-0.25, -0.2) is 4.79 Å². The van der Waals surface area contributed by atoms with E-state index in [9.17, 15) is 14.4 Å². The van der Waals surface area contributed by atoms with Gasteiger partial charge in [0, 0.05) is 25.1 Å². The van der Waals surface area contributed by atoms with E-state index in [1.54, 1.807) is 6.08 Å². The van der Waals surface area contributed by atoms with E-state index in [0.717, 1.165) is 44.6 Å². The first kappa shape index (κ1) is 23.1. The predicted octanol–water partition coefficient (Wildman–Crippen LogP) is 2.57. The van der Waals surface area contributed by atoms with Crippen molar-refractivity contribution in [1.29, 1.82) is 0 Å². The average molecular weight is 407 g/mol. The molecule has 29 heavy (non-hydrogen) atoms. The molecule has 2 heterocycles. The summed E-state index contributed by atoms with van der Waals surface area (Å²) in [6, 6.07) is 0. The number of carbonyl (C=O) groups excluding carboxylic acids is 2. The van der Waals surface area contributed by atoms with E-state index in [1.165, 1.54) is 0 Å². The minimum Gasteiger partial charge on any atom is -0.478 e. The summed E-state index contributed by atoms with van der Waals surface area (Å²) in [6.07, 6.45) is 13.7. The zero-order valence-electron chi connectivity index (χ0n) is 17.3. The van der Waals surface area contributed by atoms with Crippen LogP contribution in [-0.2, 0) is 19.1 Å². The number of fused-ring (bicyclic) bond motifs is 2. The molecule has 0 aromatic heterocycles. The van der Waals surface area contributed by atoms with Crippen LogP contribution < -0.4 is 10.6 Å². The Bertz CT molecular complexity index is 616. The van der Waals surface area contributed by atoms with Crippen molar-refractivity contribution in [3.8, 4) is 0 Å². The highest BCUT2D eigenvalue weighted by Gasteiger charge is 2.47. The fraction of sp³-hybridized carbons (Fsp3) is 0.682. The number of amides is 2. The molecule has 2 rings (SSSR count). The summed E-state index contributed by atoms with van der Waals surface area (Å²) in [5.41, 5.74) is 0. The van der Waals surface area contributed by atoms with E-state index < -0.39 is 5.97 Å². The van der Waals surface area contributed by atoms with Crippen LogP contribution in [0.25, 0.3) is 0 Å². The number of ether oxygens (including phenoxy) is 1. The molecule has 0 spiro atoms. The van der Waals surface area contributed by atoms with Crippen LogP contribution in [0, 0.1) is 11.8 Å². The molecule has 7 nitrogen and oxygen atoms in total. The first-order valence-electron chi connectivity index (χ1n) is 10.7. The van der Waals surface area contributed by atoms with E-state index in [0.29, 0.717) is 25.4 Å². The fourth-order valence-corrected chi connectivity index (χ4v) is 4.18. The Hall–Kier alpha value is -2.15. The maximum absolute atomic E-state index is 12.1. The lowest BCUT2D eigenvalue weighted by Crippen LogP contribution is -2.39. The van der Waals surface area contributed by atoms with Gasteiger partial charge in [-0.15, -0.1) is 0 Å². The topological polar surface area (TPSA) is 105 Å². The summed E-state index contributed by atoms with van der Waals surface area (Å²) in [4.78, 5) is 34.4. The van der Waals surface area contributed by atoms with Gasteiger partial charge >= 0.3 is 5.97 Å². The third-order valence-corrected chi connectivity index (χ3v) is 5.66. The number of aliphatic carboxylic acids is 1. The van der Waals surface area contributed by atoms with Crippen molar-refractivity contribution in [2.45, 2.75) is 70.5 Å². The second-order valence-corrected chi connectivity index (χ2v) is 7.84. The highest BCUT2D eigenvalue weighted by atomic mass is 16.5. The van der Waals surface area contributed by atoms with Gasteiger partial charge in [0.2, 0.25) is 11.8 Å². The van der Waals surface area contributed by atoms with Crippen molar-refractivity contribution in [3.63, 3.8) is 0 Å². The quantitative estimate of drug-likeness (QED) is 0.189. The van der Waals surface area contributed by atoms with E-state index in [1.807, 2.05) is 6.08 Å². The summed E-state index contributed by atoms with van der Waals surface area (Å²) in [6.45, 7) is 3.25. The lowest BCUT2D eigenvalue weighted by molar-refractivity contribution is -0.132. The van der Waals surface area contributed by atoms with Crippen LogP contribution in [0.2, 0.25) is 0 Å². The summed E-state index contributed by atoms with van der Waals surface area (Å²) in [5.74, 6) is -0.808. The zero-order chi connectivity index (χ0) is 21.1. The molecule has 0 unspecified atom stereocenters. The van der Waals surface area contributed by atoms with E-state index in [4.69, 9.17) is 9.84 Å². The molecule has 0 aliphatic carbocycles. The van der Waals surface area contributed by atoms with Crippen molar-refractivity contribution in [1.82, 2.24) is 10.6 Å². The third-order valence-electron chi connectivity index (χ3n) is 5.66. The molecule has 162 valence electrons. The Morgan fingerprint density at radius 3 is 2.45 bits per heavy atom. The van der Waals surface area contributed by atoms with Crippen molar-refractivity contribution < 1.29 is 24.2 Å². The van der Waals surface area contributed by atoms with Crippen molar-refractivity contribution in [3.05, 3.63) is 24.3 Å². The van der Waals surface area contributed by atoms with Crippen LogP contribution in [0.15, 0.2) is 24.3 Å². The SMILES string of the molecule is CCCCCNC(=O)CC(=O)NC[C@H]1[C@@H](C/C=C\C/C=C/C(=O)O)[C@H]2CC[C@@H]1O2. The number of nitrogens with one attached hydrogen (secondary N) is 2. The van der Waals surface area contributed by atoms with Crippen LogP contribution >= 0.6 is 0 Å². The second-order valence-electron chi connectivity index (χ2n) is 7.84. The molecule has 4 atom stereocenters. The largest absolute Gasteiger partial charge is 0.478 e. The number of rotatable bonds is 13. The van der Waals surface area contributed by atoms with Gasteiger partial charge in [0.05, 0.1) is 12.2 Å². The minimum atomic E-state index is -0.939. The minimum absolute atomic E-state index is 0.131. The Balaban J connectivity index is 1.72. The van der Waals surface area contributed by atoms with E-state index in [-0.39, 0.29) is 36.4 Å². The monoisotopic (exact) mass is 406 g/mol. The normalized spacial score (nSPS) is 25.7. The highest BCUT2D eigenvalue weighted by Crippen LogP contribution is 2.44. The number of hydrogen-bond acceptors (Lipinski definition) is 4. The number of carboxylic acids is 1. The molecule has 2 bridgehead atoms. The van der Waals surface area contributed by atoms with Crippen LogP contribution in [-0.4, -0.2) is 48.2 Å². The van der Waals surface area contributed by atoms with E-state index >= 15 is 0 Å². The van der Waals surface area contributed by atoms with Crippen molar-refractivity contribution in [2.24, 2.45) is 11.8 Å². The van der Waals surface area contributed by atoms with E-state index in [2.05, 4.69) is 23.6 Å². The molecule has 0 saturated carbocycles. The van der Waals surface area contributed by atoms with Gasteiger partial charge in [-0.3, -0.25) is 9.59 Å². The molecule has 0 aromatic rings. The van der Waals surface area contributed by atoms with Crippen LogP contribution in [0.1, 0.15) is 58.3 Å². The standard InChI is InChI=1S/C22H34N2O5/c1-2-3-8-13-23-20(25)14-21(26)24-15-17-16(18-11-12-19(17)29-18)9-6-4-5-7-10-22(27)28/h4,6-7,10,16-19H,2-3,5,8-9,11-15H2,1H3,(H,23,25)(H,24,26)(H,27,28)/b6-4-,10-7+/t16-,17+,18-,19+/m1/s1. The maximum atomic E-state index is 12.1. The molecule has 3 N–H and O–H groups in total. The lowest BCUT2D eigenvalue weighted by Gasteiger charge is -2.27. The molecule has 2 aliphatic rings. The third kappa shape index (κ3) is 8.01. The number of unbranched alkanes of at least 4 members (excludes halogenated alkanes) is 2. The Labute approximate surface area is 173 Å². The number of carboxylic acid groups (broad SMARTS) is 1. The Morgan fingerprint density at radius 1 is 1.00 bits per heavy atom. The molecule has 2 fully saturated rings. The maximum Gasteiger partial charge on any atom is 0.327 e. The zero-order valence-corrected chi connectivity index (χ0v) is 17.3. The number of carbonyl (C=O) groups is 3. The molecule has 2 aliphatic heterocycles. The molecule has 0 radical (unpaired) electrons. The highest BCUT2D eigenvalue weighted by molar-refractivity contribution is 5.96. The van der Waals surface area contributed by atoms with Gasteiger partial charge in [-0.05, 0) is 38.0 Å². The molecule has 0 aromatic carbocycles. The summed E-state index contributed by atoms with van der Waals surface area (Å²) in [5, 5.41) is 14.3. The lowest BCUT2D eigenvalue weighted by atomic mass is 9.77. The summed E-state index contributed by atoms with van der Waals surface area (Å²) < 4.78 is 6.04. The van der Waals surface area contributed by atoms with Gasteiger partial charge in [-0.2, -0.15) is 0 Å². The molecular formula is C22H34N2O5. The first-order chi connectivity index (χ1) is 14.0. The van der Waals surface area contributed by atoms with Gasteiger partial charge < -0.3 is 20.5 Å². The Kier molecular flexibility index (Phi) is 9.91. The van der Waals surface area contributed by atoms with Crippen LogP contribution in [0.5, 0.6) is 0 Å². The fourth-order valence-electron chi connectivity index (χ4n) is 4.18. The average Bonchev–Trinajstić information content (AvgIpc) is 3.28. The van der Waals surface area contributed by atoms with Gasteiger partial charge in [0.1, 0.15) is 6.42 Å². The molecule has 2 saturated heterocycles. The molecule has 2 amide bonds. The molecular weight excluding hydrogens is 372 g/mol. The molecule has 7 heteroatoms. The van der Waals surface area contributed by atoms with Crippen molar-refractivity contribution in [2.75, 3.05) is 13.1 Å². The smallest absolute Gasteiger partial charge is 0.327 e. The predicted molar refractivity (Wildman–Crippen MR) is 110 cm³/mol. The summed E-state index contributed by atoms with van der Waals surface area (Å²) >= 11 is 0. The Morgan fingerprint density at radius 2 is 1.72 bits per heavy atom. The number of hydrogen-bond donors (Lipinski definition) is 3. The van der Waals surface area contributed by atoms with Crippen LogP contribution in [0.4, 0.5) is 0 Å². The van der Waals surface area contributed by atoms with Crippen molar-refractivity contribution >= 4 is 17.8 Å². The first-order valence-corrected chi connectivity index (χ1v) is 10.7.